The molecule has 1 aromatic rings. The van der Waals surface area contributed by atoms with Crippen molar-refractivity contribution < 1.29 is 19.4 Å². The molecular formula is C16H20O4. The molecule has 0 aliphatic carbocycles. The minimum absolute atomic E-state index is 0.0503. The van der Waals surface area contributed by atoms with Crippen LogP contribution >= 0.6 is 0 Å². The SMILES string of the molecule is C/C=C/C(OC(=O)c1ccccc1C(=O)O)C(C)(C)C. The zero-order valence-electron chi connectivity index (χ0n) is 12.2. The summed E-state index contributed by atoms with van der Waals surface area (Å²) >= 11 is 0. The van der Waals surface area contributed by atoms with Gasteiger partial charge in [0.1, 0.15) is 6.10 Å². The van der Waals surface area contributed by atoms with Crippen LogP contribution in [-0.2, 0) is 4.74 Å². The second-order valence-electron chi connectivity index (χ2n) is 5.57. The Kier molecular flexibility index (Phi) is 5.08. The molecule has 1 atom stereocenters. The lowest BCUT2D eigenvalue weighted by Crippen LogP contribution is -2.30. The summed E-state index contributed by atoms with van der Waals surface area (Å²) in [4.78, 5) is 23.3. The summed E-state index contributed by atoms with van der Waals surface area (Å²) in [6, 6.07) is 6.04. The molecular weight excluding hydrogens is 256 g/mol. The maximum absolute atomic E-state index is 12.2. The summed E-state index contributed by atoms with van der Waals surface area (Å²) in [6.07, 6.45) is 3.19. The highest BCUT2D eigenvalue weighted by atomic mass is 16.5. The molecule has 4 nitrogen and oxygen atoms in total. The van der Waals surface area contributed by atoms with E-state index in [0.29, 0.717) is 0 Å². The van der Waals surface area contributed by atoms with E-state index < -0.39 is 18.0 Å². The minimum atomic E-state index is -1.14. The molecule has 0 aromatic heterocycles. The summed E-state index contributed by atoms with van der Waals surface area (Å²) in [6.45, 7) is 7.70. The van der Waals surface area contributed by atoms with Gasteiger partial charge in [-0.05, 0) is 25.1 Å². The number of hydrogen-bond acceptors (Lipinski definition) is 3. The zero-order valence-corrected chi connectivity index (χ0v) is 12.2. The van der Waals surface area contributed by atoms with Gasteiger partial charge in [0.2, 0.25) is 0 Å². The van der Waals surface area contributed by atoms with Crippen LogP contribution in [0, 0.1) is 5.41 Å². The van der Waals surface area contributed by atoms with Crippen LogP contribution in [0.15, 0.2) is 36.4 Å². The van der Waals surface area contributed by atoms with E-state index in [4.69, 9.17) is 9.84 Å². The Bertz CT molecular complexity index is 524. The van der Waals surface area contributed by atoms with Crippen molar-refractivity contribution in [3.8, 4) is 0 Å². The second kappa shape index (κ2) is 6.37. The molecule has 0 aliphatic rings. The van der Waals surface area contributed by atoms with Gasteiger partial charge in [0.05, 0.1) is 11.1 Å². The van der Waals surface area contributed by atoms with Gasteiger partial charge in [0, 0.05) is 5.41 Å². The van der Waals surface area contributed by atoms with E-state index in [1.54, 1.807) is 18.2 Å². The number of carboxylic acid groups (broad SMARTS) is 1. The van der Waals surface area contributed by atoms with E-state index in [1.807, 2.05) is 33.8 Å². The molecule has 1 aromatic carbocycles. The fourth-order valence-corrected chi connectivity index (χ4v) is 1.71. The Labute approximate surface area is 119 Å². The van der Waals surface area contributed by atoms with Gasteiger partial charge in [-0.3, -0.25) is 0 Å². The number of esters is 1. The first kappa shape index (κ1) is 16.0. The molecule has 1 N–H and O–H groups in total. The first-order valence-electron chi connectivity index (χ1n) is 6.43. The summed E-state index contributed by atoms with van der Waals surface area (Å²) in [5.41, 5.74) is -0.246. The molecule has 0 fully saturated rings. The van der Waals surface area contributed by atoms with E-state index in [1.165, 1.54) is 12.1 Å². The Morgan fingerprint density at radius 3 is 2.20 bits per heavy atom. The van der Waals surface area contributed by atoms with Gasteiger partial charge in [-0.2, -0.15) is 0 Å². The number of carbonyl (C=O) groups is 2. The third-order valence-corrected chi connectivity index (χ3v) is 2.83. The van der Waals surface area contributed by atoms with Gasteiger partial charge in [0.25, 0.3) is 0 Å². The molecule has 0 heterocycles. The lowest BCUT2D eigenvalue weighted by atomic mass is 9.88. The van der Waals surface area contributed by atoms with Crippen molar-refractivity contribution in [1.29, 1.82) is 0 Å². The summed E-state index contributed by atoms with van der Waals surface area (Å²) in [7, 11) is 0. The molecule has 4 heteroatoms. The number of hydrogen-bond donors (Lipinski definition) is 1. The first-order valence-corrected chi connectivity index (χ1v) is 6.43. The highest BCUT2D eigenvalue weighted by Gasteiger charge is 2.27. The molecule has 0 saturated carbocycles. The van der Waals surface area contributed by atoms with E-state index in [0.717, 1.165) is 0 Å². The molecule has 0 bridgehead atoms. The topological polar surface area (TPSA) is 63.6 Å². The van der Waals surface area contributed by atoms with Crippen molar-refractivity contribution in [2.75, 3.05) is 0 Å². The Morgan fingerprint density at radius 1 is 1.20 bits per heavy atom. The van der Waals surface area contributed by atoms with Crippen LogP contribution in [0.25, 0.3) is 0 Å². The van der Waals surface area contributed by atoms with Crippen LogP contribution < -0.4 is 0 Å². The van der Waals surface area contributed by atoms with Crippen LogP contribution in [0.1, 0.15) is 48.4 Å². The third-order valence-electron chi connectivity index (χ3n) is 2.83. The highest BCUT2D eigenvalue weighted by molar-refractivity contribution is 6.02. The predicted octanol–water partition coefficient (Wildman–Crippen LogP) is 3.53. The summed E-state index contributed by atoms with van der Waals surface area (Å²) in [5.74, 6) is -1.77. The molecule has 1 rings (SSSR count). The third kappa shape index (κ3) is 3.95. The molecule has 0 saturated heterocycles. The Hall–Kier alpha value is -2.10. The fraction of sp³-hybridized carbons (Fsp3) is 0.375. The fourth-order valence-electron chi connectivity index (χ4n) is 1.71. The normalized spacial score (nSPS) is 13.2. The lowest BCUT2D eigenvalue weighted by Gasteiger charge is -2.28. The maximum Gasteiger partial charge on any atom is 0.339 e. The van der Waals surface area contributed by atoms with Crippen LogP contribution in [0.5, 0.6) is 0 Å². The van der Waals surface area contributed by atoms with E-state index in [9.17, 15) is 9.59 Å². The van der Waals surface area contributed by atoms with Gasteiger partial charge in [0.15, 0.2) is 0 Å². The molecule has 0 spiro atoms. The standard InChI is InChI=1S/C16H20O4/c1-5-8-13(16(2,3)4)20-15(19)12-10-7-6-9-11(12)14(17)18/h5-10,13H,1-4H3,(H,17,18)/b8-5+. The van der Waals surface area contributed by atoms with Crippen LogP contribution in [-0.4, -0.2) is 23.1 Å². The van der Waals surface area contributed by atoms with Crippen molar-refractivity contribution in [3.63, 3.8) is 0 Å². The van der Waals surface area contributed by atoms with Crippen molar-refractivity contribution >= 4 is 11.9 Å². The minimum Gasteiger partial charge on any atom is -0.478 e. The second-order valence-corrected chi connectivity index (χ2v) is 5.57. The van der Waals surface area contributed by atoms with Gasteiger partial charge in [-0.15, -0.1) is 0 Å². The van der Waals surface area contributed by atoms with Gasteiger partial charge < -0.3 is 9.84 Å². The smallest absolute Gasteiger partial charge is 0.339 e. The summed E-state index contributed by atoms with van der Waals surface area (Å²) in [5, 5.41) is 9.09. The number of ether oxygens (including phenoxy) is 1. The van der Waals surface area contributed by atoms with Crippen LogP contribution in [0.3, 0.4) is 0 Å². The van der Waals surface area contributed by atoms with E-state index in [-0.39, 0.29) is 16.5 Å². The quantitative estimate of drug-likeness (QED) is 0.675. The Balaban J connectivity index is 3.04. The predicted molar refractivity (Wildman–Crippen MR) is 76.9 cm³/mol. The summed E-state index contributed by atoms with van der Waals surface area (Å²) < 4.78 is 5.44. The average Bonchev–Trinajstić information content (AvgIpc) is 2.37. The van der Waals surface area contributed by atoms with Crippen molar-refractivity contribution in [1.82, 2.24) is 0 Å². The maximum atomic E-state index is 12.2. The molecule has 0 radical (unpaired) electrons. The monoisotopic (exact) mass is 276 g/mol. The molecule has 0 aliphatic heterocycles. The number of rotatable bonds is 4. The molecule has 1 unspecified atom stereocenters. The molecule has 0 amide bonds. The zero-order chi connectivity index (χ0) is 15.3. The van der Waals surface area contributed by atoms with Crippen molar-refractivity contribution in [2.45, 2.75) is 33.8 Å². The van der Waals surface area contributed by atoms with Gasteiger partial charge >= 0.3 is 11.9 Å². The largest absolute Gasteiger partial charge is 0.478 e. The highest BCUT2D eigenvalue weighted by Crippen LogP contribution is 2.25. The van der Waals surface area contributed by atoms with E-state index >= 15 is 0 Å². The molecule has 108 valence electrons. The number of allylic oxidation sites excluding steroid dienone is 1. The van der Waals surface area contributed by atoms with Crippen LogP contribution in [0.4, 0.5) is 0 Å². The number of carboxylic acids is 1. The number of aromatic carboxylic acids is 1. The lowest BCUT2D eigenvalue weighted by molar-refractivity contribution is 0.0145. The number of carbonyl (C=O) groups excluding carboxylic acids is 1. The van der Waals surface area contributed by atoms with Gasteiger partial charge in [-0.25, -0.2) is 9.59 Å². The molecule has 20 heavy (non-hydrogen) atoms. The average molecular weight is 276 g/mol. The number of benzene rings is 1. The van der Waals surface area contributed by atoms with E-state index in [2.05, 4.69) is 0 Å². The van der Waals surface area contributed by atoms with Gasteiger partial charge in [-0.1, -0.05) is 39.0 Å². The van der Waals surface area contributed by atoms with Crippen LogP contribution in [0.2, 0.25) is 0 Å². The first-order chi connectivity index (χ1) is 9.27. The van der Waals surface area contributed by atoms with Crippen molar-refractivity contribution in [3.05, 3.63) is 47.5 Å². The van der Waals surface area contributed by atoms with Crippen molar-refractivity contribution in [2.24, 2.45) is 5.41 Å². The Morgan fingerprint density at radius 2 is 1.75 bits per heavy atom.